The molecule has 0 radical (unpaired) electrons. The number of benzene rings is 2. The largest absolute Gasteiger partial charge is 0.496 e. The molecule has 0 unspecified atom stereocenters. The Kier molecular flexibility index (Phi) is 7.31. The average Bonchev–Trinajstić information content (AvgIpc) is 2.64. The fourth-order valence-electron chi connectivity index (χ4n) is 2.75. The summed E-state index contributed by atoms with van der Waals surface area (Å²) in [7, 11) is -4.83. The zero-order valence-electron chi connectivity index (χ0n) is 15.9. The first kappa shape index (κ1) is 24.7. The molecule has 0 fully saturated rings. The van der Waals surface area contributed by atoms with E-state index in [0.29, 0.717) is 0 Å². The number of hydrogen-bond donors (Lipinski definition) is 2. The van der Waals surface area contributed by atoms with E-state index in [1.807, 2.05) is 0 Å². The highest BCUT2D eigenvalue weighted by Crippen LogP contribution is 2.51. The second kappa shape index (κ2) is 8.88. The van der Waals surface area contributed by atoms with Crippen LogP contribution in [-0.4, -0.2) is 54.4 Å². The molecular weight excluding hydrogens is 576 g/mol. The molecule has 0 aromatic heterocycles. The van der Waals surface area contributed by atoms with Crippen LogP contribution >= 0.6 is 31.9 Å². The molecule has 14 heteroatoms. The lowest BCUT2D eigenvalue weighted by molar-refractivity contribution is 0.380. The fourth-order valence-corrected chi connectivity index (χ4v) is 6.40. The van der Waals surface area contributed by atoms with Crippen LogP contribution in [0.5, 0.6) is 23.0 Å². The highest BCUT2D eigenvalue weighted by atomic mass is 79.9. The zero-order valence-corrected chi connectivity index (χ0v) is 20.7. The van der Waals surface area contributed by atoms with Crippen LogP contribution in [0, 0.1) is 0 Å². The van der Waals surface area contributed by atoms with Gasteiger partial charge >= 0.3 is 0 Å². The summed E-state index contributed by atoms with van der Waals surface area (Å²) in [4.78, 5) is -1.31. The quantitative estimate of drug-likeness (QED) is 0.459. The van der Waals surface area contributed by atoms with Gasteiger partial charge in [0.1, 0.15) is 23.0 Å². The number of methoxy groups -OCH3 is 4. The van der Waals surface area contributed by atoms with E-state index < -0.39 is 30.0 Å². The van der Waals surface area contributed by atoms with Crippen LogP contribution in [-0.2, 0) is 20.2 Å². The molecule has 0 aliphatic heterocycles. The van der Waals surface area contributed by atoms with E-state index >= 15 is 0 Å². The Balaban J connectivity index is 3.19. The molecule has 2 aromatic carbocycles. The SMILES string of the molecule is COc1cc(-c2cc(OC)c(Br)c(S(=O)(=O)O)c2OC)c(OC)c(S(=O)(=O)O)c1Br. The highest BCUT2D eigenvalue weighted by Gasteiger charge is 2.32. The molecule has 166 valence electrons. The fraction of sp³-hybridized carbons (Fsp3) is 0.250. The van der Waals surface area contributed by atoms with Crippen LogP contribution in [0.2, 0.25) is 0 Å². The van der Waals surface area contributed by atoms with Gasteiger partial charge in [0, 0.05) is 11.1 Å². The number of hydrogen-bond acceptors (Lipinski definition) is 8. The highest BCUT2D eigenvalue weighted by molar-refractivity contribution is 9.11. The molecule has 0 atom stereocenters. The van der Waals surface area contributed by atoms with Gasteiger partial charge in [0.05, 0.1) is 37.4 Å². The lowest BCUT2D eigenvalue weighted by Gasteiger charge is -2.20. The van der Waals surface area contributed by atoms with E-state index in [1.165, 1.54) is 26.4 Å². The Bertz CT molecular complexity index is 1110. The minimum atomic E-state index is -4.82. The van der Waals surface area contributed by atoms with Gasteiger partial charge in [-0.25, -0.2) is 0 Å². The lowest BCUT2D eigenvalue weighted by atomic mass is 10.0. The first-order valence-corrected chi connectivity index (χ1v) is 12.1. The Morgan fingerprint density at radius 1 is 0.667 bits per heavy atom. The first-order valence-electron chi connectivity index (χ1n) is 7.67. The molecular formula is C16H16Br2O10S2. The predicted molar refractivity (Wildman–Crippen MR) is 113 cm³/mol. The number of halogens is 2. The summed E-state index contributed by atoms with van der Waals surface area (Å²) in [6.07, 6.45) is 0. The van der Waals surface area contributed by atoms with Crippen molar-refractivity contribution in [1.82, 2.24) is 0 Å². The summed E-state index contributed by atoms with van der Waals surface area (Å²) >= 11 is 6.11. The van der Waals surface area contributed by atoms with Gasteiger partial charge in [-0.2, -0.15) is 16.8 Å². The van der Waals surface area contributed by atoms with Gasteiger partial charge in [-0.1, -0.05) is 0 Å². The molecule has 0 saturated carbocycles. The minimum Gasteiger partial charge on any atom is -0.496 e. The average molecular weight is 592 g/mol. The second-order valence-corrected chi connectivity index (χ2v) is 9.86. The summed E-state index contributed by atoms with van der Waals surface area (Å²) in [5, 5.41) is 0. The molecule has 0 heterocycles. The van der Waals surface area contributed by atoms with Crippen LogP contribution in [0.3, 0.4) is 0 Å². The maximum Gasteiger partial charge on any atom is 0.299 e. The molecule has 2 aromatic rings. The van der Waals surface area contributed by atoms with Crippen molar-refractivity contribution in [3.8, 4) is 34.1 Å². The van der Waals surface area contributed by atoms with Gasteiger partial charge < -0.3 is 18.9 Å². The van der Waals surface area contributed by atoms with Gasteiger partial charge in [-0.3, -0.25) is 9.11 Å². The third-order valence-corrected chi connectivity index (χ3v) is 7.85. The number of rotatable bonds is 7. The van der Waals surface area contributed by atoms with Crippen LogP contribution in [0.25, 0.3) is 11.1 Å². The van der Waals surface area contributed by atoms with Gasteiger partial charge in [0.2, 0.25) is 0 Å². The molecule has 0 amide bonds. The molecule has 2 N–H and O–H groups in total. The third-order valence-electron chi connectivity index (χ3n) is 3.94. The van der Waals surface area contributed by atoms with E-state index in [1.54, 1.807) is 0 Å². The number of ether oxygens (including phenoxy) is 4. The molecule has 2 rings (SSSR count). The monoisotopic (exact) mass is 590 g/mol. The van der Waals surface area contributed by atoms with Gasteiger partial charge in [0.15, 0.2) is 9.79 Å². The minimum absolute atomic E-state index is 0.0178. The van der Waals surface area contributed by atoms with Crippen molar-refractivity contribution in [2.24, 2.45) is 0 Å². The van der Waals surface area contributed by atoms with Crippen molar-refractivity contribution in [3.63, 3.8) is 0 Å². The van der Waals surface area contributed by atoms with E-state index in [0.717, 1.165) is 14.2 Å². The van der Waals surface area contributed by atoms with Gasteiger partial charge in [-0.15, -0.1) is 0 Å². The maximum absolute atomic E-state index is 12.0. The Morgan fingerprint density at radius 2 is 0.967 bits per heavy atom. The smallest absolute Gasteiger partial charge is 0.299 e. The Morgan fingerprint density at radius 3 is 1.17 bits per heavy atom. The lowest BCUT2D eigenvalue weighted by Crippen LogP contribution is -2.08. The van der Waals surface area contributed by atoms with Crippen LogP contribution in [0.1, 0.15) is 0 Å². The molecule has 0 bridgehead atoms. The predicted octanol–water partition coefficient (Wildman–Crippen LogP) is 3.41. The Hall–Kier alpha value is -1.58. The van der Waals surface area contributed by atoms with Crippen LogP contribution < -0.4 is 18.9 Å². The van der Waals surface area contributed by atoms with Crippen molar-refractivity contribution in [1.29, 1.82) is 0 Å². The normalized spacial score (nSPS) is 11.9. The van der Waals surface area contributed by atoms with Crippen LogP contribution in [0.4, 0.5) is 0 Å². The summed E-state index contributed by atoms with van der Waals surface area (Å²) in [5.74, 6) is -0.713. The topological polar surface area (TPSA) is 146 Å². The zero-order chi connectivity index (χ0) is 23.0. The summed E-state index contributed by atoms with van der Waals surface area (Å²) in [6.45, 7) is 0. The van der Waals surface area contributed by atoms with Gasteiger partial charge in [0.25, 0.3) is 20.2 Å². The van der Waals surface area contributed by atoms with Crippen molar-refractivity contribution < 1.29 is 44.9 Å². The first-order chi connectivity index (χ1) is 13.8. The van der Waals surface area contributed by atoms with Crippen molar-refractivity contribution >= 4 is 52.1 Å². The summed E-state index contributed by atoms with van der Waals surface area (Å²) in [6, 6.07) is 2.66. The molecule has 0 spiro atoms. The maximum atomic E-state index is 12.0. The van der Waals surface area contributed by atoms with Crippen LogP contribution in [0.15, 0.2) is 30.9 Å². The van der Waals surface area contributed by atoms with Crippen molar-refractivity contribution in [2.45, 2.75) is 9.79 Å². The molecule has 30 heavy (non-hydrogen) atoms. The molecule has 10 nitrogen and oxygen atoms in total. The van der Waals surface area contributed by atoms with Gasteiger partial charge in [-0.05, 0) is 44.0 Å². The summed E-state index contributed by atoms with van der Waals surface area (Å²) in [5.41, 5.74) is -0.0598. The van der Waals surface area contributed by atoms with E-state index in [9.17, 15) is 25.9 Å². The summed E-state index contributed by atoms with van der Waals surface area (Å²) < 4.78 is 88.1. The van der Waals surface area contributed by atoms with Crippen molar-refractivity contribution in [3.05, 3.63) is 21.1 Å². The Labute approximate surface area is 189 Å². The molecule has 0 saturated heterocycles. The standard InChI is InChI=1S/C16H16Br2O10S2/c1-25-9-5-7(13(27-3)15(11(9)17)29(19,20)21)8-6-10(26-2)12(18)16(14(8)28-4)30(22,23)24/h5-6H,1-4H3,(H,19,20,21)(H,22,23,24). The molecule has 0 aliphatic rings. The third kappa shape index (κ3) is 4.38. The second-order valence-electron chi connectivity index (χ2n) is 5.56. The van der Waals surface area contributed by atoms with E-state index in [4.69, 9.17) is 18.9 Å². The molecule has 0 aliphatic carbocycles. The van der Waals surface area contributed by atoms with E-state index in [2.05, 4.69) is 31.9 Å². The van der Waals surface area contributed by atoms with E-state index in [-0.39, 0.29) is 43.1 Å². The van der Waals surface area contributed by atoms with Crippen molar-refractivity contribution in [2.75, 3.05) is 28.4 Å².